The van der Waals surface area contributed by atoms with Crippen LogP contribution in [0.15, 0.2) is 20.1 Å². The molecule has 0 bridgehead atoms. The normalized spacial score (nSPS) is 11.2. The maximum atomic E-state index is 11.7. The minimum Gasteiger partial charge on any atom is -0.424 e. The lowest BCUT2D eigenvalue weighted by Crippen LogP contribution is -2.38. The summed E-state index contributed by atoms with van der Waals surface area (Å²) in [7, 11) is 1.85. The number of nitrogens with one attached hydrogen (secondary N) is 1. The van der Waals surface area contributed by atoms with Crippen LogP contribution < -0.4 is 11.2 Å². The van der Waals surface area contributed by atoms with Crippen LogP contribution in [-0.2, 0) is 13.1 Å². The monoisotopic (exact) mass is 279 g/mol. The van der Waals surface area contributed by atoms with Gasteiger partial charge in [-0.05, 0) is 14.0 Å². The van der Waals surface area contributed by atoms with Crippen LogP contribution in [0, 0.1) is 13.8 Å². The maximum absolute atomic E-state index is 11.7. The minimum atomic E-state index is -0.392. The van der Waals surface area contributed by atoms with Crippen molar-refractivity contribution in [3.8, 4) is 0 Å². The van der Waals surface area contributed by atoms with Gasteiger partial charge in [-0.3, -0.25) is 14.3 Å². The van der Waals surface area contributed by atoms with E-state index in [2.05, 4.69) is 15.2 Å². The Bertz CT molecular complexity index is 668. The van der Waals surface area contributed by atoms with Crippen molar-refractivity contribution in [1.82, 2.24) is 24.6 Å². The maximum Gasteiger partial charge on any atom is 0.328 e. The number of nitrogens with zero attached hydrogens (tertiary/aromatic N) is 4. The molecule has 0 saturated heterocycles. The number of rotatable bonds is 5. The number of H-pyrrole nitrogens is 1. The Kier molecular flexibility index (Phi) is 4.14. The van der Waals surface area contributed by atoms with Gasteiger partial charge in [0.1, 0.15) is 0 Å². The molecule has 0 unspecified atom stereocenters. The van der Waals surface area contributed by atoms with Crippen LogP contribution in [0.25, 0.3) is 0 Å². The van der Waals surface area contributed by atoms with Gasteiger partial charge in [-0.25, -0.2) is 4.79 Å². The van der Waals surface area contributed by atoms with Gasteiger partial charge >= 0.3 is 5.69 Å². The summed E-state index contributed by atoms with van der Waals surface area (Å²) in [4.78, 5) is 27.9. The molecule has 2 aromatic heterocycles. The molecule has 0 aromatic carbocycles. The van der Waals surface area contributed by atoms with Crippen LogP contribution >= 0.6 is 0 Å². The molecular weight excluding hydrogens is 262 g/mol. The van der Waals surface area contributed by atoms with Crippen molar-refractivity contribution in [2.75, 3.05) is 13.6 Å². The van der Waals surface area contributed by atoms with Crippen molar-refractivity contribution in [1.29, 1.82) is 0 Å². The van der Waals surface area contributed by atoms with E-state index in [1.807, 2.05) is 11.9 Å². The summed E-state index contributed by atoms with van der Waals surface area (Å²) in [6.45, 7) is 4.70. The smallest absolute Gasteiger partial charge is 0.328 e. The number of aromatic nitrogens is 4. The highest BCUT2D eigenvalue weighted by molar-refractivity contribution is 4.96. The standard InChI is InChI=1S/C12H17N5O3/c1-8-6-11(18)17(12(19)13-8)5-4-16(3)7-10-15-14-9(2)20-10/h6H,4-5,7H2,1-3H3,(H,13,19). The number of likely N-dealkylation sites (N-methyl/N-ethyl adjacent to an activating group) is 1. The highest BCUT2D eigenvalue weighted by atomic mass is 16.4. The minimum absolute atomic E-state index is 0.298. The highest BCUT2D eigenvalue weighted by Gasteiger charge is 2.08. The van der Waals surface area contributed by atoms with Crippen LogP contribution in [0.3, 0.4) is 0 Å². The predicted octanol–water partition coefficient (Wildman–Crippen LogP) is -0.332. The fourth-order valence-corrected chi connectivity index (χ4v) is 1.83. The zero-order valence-electron chi connectivity index (χ0n) is 11.7. The van der Waals surface area contributed by atoms with E-state index in [4.69, 9.17) is 4.42 Å². The third-order valence-corrected chi connectivity index (χ3v) is 2.83. The molecule has 20 heavy (non-hydrogen) atoms. The van der Waals surface area contributed by atoms with Crippen LogP contribution in [0.1, 0.15) is 17.5 Å². The molecule has 8 nitrogen and oxygen atoms in total. The largest absolute Gasteiger partial charge is 0.424 e. The van der Waals surface area contributed by atoms with Crippen molar-refractivity contribution < 1.29 is 4.42 Å². The van der Waals surface area contributed by atoms with E-state index in [0.29, 0.717) is 37.1 Å². The Morgan fingerprint density at radius 3 is 2.70 bits per heavy atom. The fraction of sp³-hybridized carbons (Fsp3) is 0.500. The number of hydrogen-bond acceptors (Lipinski definition) is 6. The van der Waals surface area contributed by atoms with Gasteiger partial charge in [0.15, 0.2) is 0 Å². The van der Waals surface area contributed by atoms with Crippen molar-refractivity contribution in [3.63, 3.8) is 0 Å². The first-order valence-corrected chi connectivity index (χ1v) is 6.24. The summed E-state index contributed by atoms with van der Waals surface area (Å²) in [6.07, 6.45) is 0. The van der Waals surface area contributed by atoms with E-state index in [1.54, 1.807) is 13.8 Å². The average Bonchev–Trinajstić information content (AvgIpc) is 2.73. The van der Waals surface area contributed by atoms with Gasteiger partial charge in [0.25, 0.3) is 5.56 Å². The molecule has 108 valence electrons. The molecule has 2 rings (SSSR count). The summed E-state index contributed by atoms with van der Waals surface area (Å²) >= 11 is 0. The lowest BCUT2D eigenvalue weighted by Gasteiger charge is -2.14. The summed E-state index contributed by atoms with van der Waals surface area (Å²) in [5, 5.41) is 7.64. The number of aryl methyl sites for hydroxylation is 2. The van der Waals surface area contributed by atoms with E-state index in [0.717, 1.165) is 0 Å². The zero-order valence-corrected chi connectivity index (χ0v) is 11.7. The predicted molar refractivity (Wildman–Crippen MR) is 71.4 cm³/mol. The van der Waals surface area contributed by atoms with Crippen LogP contribution in [0.4, 0.5) is 0 Å². The molecule has 1 N–H and O–H groups in total. The van der Waals surface area contributed by atoms with E-state index in [-0.39, 0.29) is 5.56 Å². The number of aromatic amines is 1. The van der Waals surface area contributed by atoms with Gasteiger partial charge in [0.05, 0.1) is 6.54 Å². The molecule has 8 heteroatoms. The van der Waals surface area contributed by atoms with Gasteiger partial charge < -0.3 is 9.40 Å². The van der Waals surface area contributed by atoms with E-state index < -0.39 is 5.69 Å². The third-order valence-electron chi connectivity index (χ3n) is 2.83. The van der Waals surface area contributed by atoms with Crippen LogP contribution in [0.5, 0.6) is 0 Å². The second-order valence-corrected chi connectivity index (χ2v) is 4.70. The SMILES string of the molecule is Cc1cc(=O)n(CCN(C)Cc2nnc(C)o2)c(=O)[nH]1. The van der Waals surface area contributed by atoms with E-state index >= 15 is 0 Å². The van der Waals surface area contributed by atoms with Crippen molar-refractivity contribution in [2.45, 2.75) is 26.9 Å². The molecule has 0 aliphatic carbocycles. The molecule has 0 aliphatic heterocycles. The van der Waals surface area contributed by atoms with Gasteiger partial charge in [0.2, 0.25) is 11.8 Å². The van der Waals surface area contributed by atoms with Gasteiger partial charge in [-0.1, -0.05) is 0 Å². The second kappa shape index (κ2) is 5.83. The van der Waals surface area contributed by atoms with Gasteiger partial charge in [-0.15, -0.1) is 10.2 Å². The average molecular weight is 279 g/mol. The van der Waals surface area contributed by atoms with Gasteiger partial charge in [-0.2, -0.15) is 0 Å². The number of hydrogen-bond donors (Lipinski definition) is 1. The van der Waals surface area contributed by atoms with Crippen molar-refractivity contribution in [2.24, 2.45) is 0 Å². The topological polar surface area (TPSA) is 97.0 Å². The highest BCUT2D eigenvalue weighted by Crippen LogP contribution is 2.01. The molecule has 2 aromatic rings. The zero-order chi connectivity index (χ0) is 14.7. The Morgan fingerprint density at radius 2 is 2.10 bits per heavy atom. The fourth-order valence-electron chi connectivity index (χ4n) is 1.83. The Hall–Kier alpha value is -2.22. The first-order valence-electron chi connectivity index (χ1n) is 6.24. The second-order valence-electron chi connectivity index (χ2n) is 4.70. The van der Waals surface area contributed by atoms with Crippen LogP contribution in [-0.4, -0.2) is 38.2 Å². The summed E-state index contributed by atoms with van der Waals surface area (Å²) < 4.78 is 6.44. The van der Waals surface area contributed by atoms with E-state index in [1.165, 1.54) is 10.6 Å². The molecule has 0 saturated carbocycles. The molecule has 0 spiro atoms. The quantitative estimate of drug-likeness (QED) is 0.805. The van der Waals surface area contributed by atoms with Crippen LogP contribution in [0.2, 0.25) is 0 Å². The summed E-state index contributed by atoms with van der Waals surface area (Å²) in [5.74, 6) is 1.02. The lowest BCUT2D eigenvalue weighted by molar-refractivity contribution is 0.272. The van der Waals surface area contributed by atoms with Gasteiger partial charge in [0, 0.05) is 31.8 Å². The Balaban J connectivity index is 1.98. The van der Waals surface area contributed by atoms with Crippen molar-refractivity contribution in [3.05, 3.63) is 44.4 Å². The molecular formula is C12H17N5O3. The Labute approximate surface area is 115 Å². The van der Waals surface area contributed by atoms with E-state index in [9.17, 15) is 9.59 Å². The molecule has 0 aliphatic rings. The molecule has 0 radical (unpaired) electrons. The molecule has 0 atom stereocenters. The summed E-state index contributed by atoms with van der Waals surface area (Å²) in [5.41, 5.74) is -0.128. The molecule has 2 heterocycles. The molecule has 0 amide bonds. The molecule has 0 fully saturated rings. The lowest BCUT2D eigenvalue weighted by atomic mass is 10.4. The van der Waals surface area contributed by atoms with Crippen molar-refractivity contribution >= 4 is 0 Å². The third kappa shape index (κ3) is 3.41. The summed E-state index contributed by atoms with van der Waals surface area (Å²) in [6, 6.07) is 1.41. The Morgan fingerprint density at radius 1 is 1.35 bits per heavy atom. The first-order chi connectivity index (χ1) is 9.45. The first kappa shape index (κ1) is 14.2.